The van der Waals surface area contributed by atoms with E-state index in [9.17, 15) is 14.0 Å². The first kappa shape index (κ1) is 22.5. The number of halogens is 1. The number of benzene rings is 3. The molecule has 0 saturated carbocycles. The number of aryl methyl sites for hydroxylation is 1. The van der Waals surface area contributed by atoms with E-state index in [1.54, 1.807) is 18.2 Å². The molecule has 168 valence electrons. The Morgan fingerprint density at radius 1 is 1.00 bits per heavy atom. The average molecular weight is 464 g/mol. The van der Waals surface area contributed by atoms with Crippen LogP contribution in [0.1, 0.15) is 32.5 Å². The van der Waals surface area contributed by atoms with Crippen LogP contribution in [-0.4, -0.2) is 25.6 Å². The summed E-state index contributed by atoms with van der Waals surface area (Å²) in [5.74, 6) is -0.899. The van der Waals surface area contributed by atoms with E-state index in [2.05, 4.69) is 5.32 Å². The van der Waals surface area contributed by atoms with Gasteiger partial charge in [-0.15, -0.1) is 11.3 Å². The maximum Gasteiger partial charge on any atom is 0.341 e. The van der Waals surface area contributed by atoms with Gasteiger partial charge in [0.15, 0.2) is 0 Å². The first-order chi connectivity index (χ1) is 15.9. The summed E-state index contributed by atoms with van der Waals surface area (Å²) < 4.78 is 24.2. The molecule has 7 heteroatoms. The molecule has 1 aromatic heterocycles. The Morgan fingerprint density at radius 2 is 1.73 bits per heavy atom. The molecule has 4 aromatic rings. The van der Waals surface area contributed by atoms with Crippen molar-refractivity contribution in [1.82, 2.24) is 0 Å². The molecule has 0 aliphatic carbocycles. The highest BCUT2D eigenvalue weighted by Gasteiger charge is 2.27. The van der Waals surface area contributed by atoms with Crippen molar-refractivity contribution in [3.8, 4) is 16.9 Å². The van der Waals surface area contributed by atoms with Gasteiger partial charge in [-0.2, -0.15) is 0 Å². The summed E-state index contributed by atoms with van der Waals surface area (Å²) in [6.07, 6.45) is 0. The van der Waals surface area contributed by atoms with E-state index in [-0.39, 0.29) is 11.4 Å². The van der Waals surface area contributed by atoms with Crippen LogP contribution in [0.3, 0.4) is 0 Å². The molecule has 5 nitrogen and oxygen atoms in total. The molecule has 0 unspecified atom stereocenters. The first-order valence-corrected chi connectivity index (χ1v) is 11.2. The van der Waals surface area contributed by atoms with Gasteiger partial charge in [-0.3, -0.25) is 4.79 Å². The standard InChI is InChI=1S/C26H22FNO4S/c1-4-32-20-14-11-16-7-5-6-8-19(16)22(20)24(29)28-25-23(26(30)31-3)21(15(2)33-25)17-9-12-18(27)13-10-17/h5-14H,4H2,1-3H3,(H,28,29). The van der Waals surface area contributed by atoms with E-state index in [1.807, 2.05) is 44.2 Å². The normalized spacial score (nSPS) is 10.8. The Morgan fingerprint density at radius 3 is 2.42 bits per heavy atom. The zero-order valence-electron chi connectivity index (χ0n) is 18.4. The van der Waals surface area contributed by atoms with Crippen LogP contribution in [0.2, 0.25) is 0 Å². The molecule has 0 radical (unpaired) electrons. The van der Waals surface area contributed by atoms with Gasteiger partial charge in [0, 0.05) is 10.4 Å². The van der Waals surface area contributed by atoms with Gasteiger partial charge in [0.25, 0.3) is 5.91 Å². The van der Waals surface area contributed by atoms with Crippen LogP contribution in [0.4, 0.5) is 9.39 Å². The number of rotatable bonds is 6. The maximum absolute atomic E-state index is 13.5. The second-order valence-electron chi connectivity index (χ2n) is 7.28. The number of amides is 1. The van der Waals surface area contributed by atoms with Crippen LogP contribution in [0, 0.1) is 12.7 Å². The van der Waals surface area contributed by atoms with Gasteiger partial charge in [-0.1, -0.05) is 42.5 Å². The van der Waals surface area contributed by atoms with Crippen LogP contribution in [-0.2, 0) is 4.74 Å². The van der Waals surface area contributed by atoms with Gasteiger partial charge in [0.2, 0.25) is 0 Å². The maximum atomic E-state index is 13.5. The summed E-state index contributed by atoms with van der Waals surface area (Å²) >= 11 is 1.26. The van der Waals surface area contributed by atoms with Crippen molar-refractivity contribution in [3.63, 3.8) is 0 Å². The van der Waals surface area contributed by atoms with Crippen LogP contribution < -0.4 is 10.1 Å². The third-order valence-electron chi connectivity index (χ3n) is 5.25. The second-order valence-corrected chi connectivity index (χ2v) is 8.51. The van der Waals surface area contributed by atoms with E-state index < -0.39 is 11.9 Å². The van der Waals surface area contributed by atoms with Gasteiger partial charge in [-0.25, -0.2) is 9.18 Å². The monoisotopic (exact) mass is 463 g/mol. The Kier molecular flexibility index (Phi) is 6.42. The largest absolute Gasteiger partial charge is 0.493 e. The fraction of sp³-hybridized carbons (Fsp3) is 0.154. The SMILES string of the molecule is CCOc1ccc2ccccc2c1C(=O)Nc1sc(C)c(-c2ccc(F)cc2)c1C(=O)OC. The third-order valence-corrected chi connectivity index (χ3v) is 6.27. The number of anilines is 1. The Labute approximate surface area is 194 Å². The summed E-state index contributed by atoms with van der Waals surface area (Å²) in [5.41, 5.74) is 1.88. The zero-order chi connectivity index (χ0) is 23.5. The van der Waals surface area contributed by atoms with Gasteiger partial charge >= 0.3 is 5.97 Å². The minimum atomic E-state index is -0.586. The molecule has 1 heterocycles. The van der Waals surface area contributed by atoms with Gasteiger partial charge in [0.05, 0.1) is 19.3 Å². The molecule has 4 rings (SSSR count). The Bertz CT molecular complexity index is 1340. The second kappa shape index (κ2) is 9.42. The Balaban J connectivity index is 1.83. The summed E-state index contributed by atoms with van der Waals surface area (Å²) in [5, 5.41) is 4.90. The lowest BCUT2D eigenvalue weighted by molar-refractivity contribution is 0.0603. The van der Waals surface area contributed by atoms with Gasteiger partial charge in [-0.05, 0) is 48.4 Å². The molecule has 0 fully saturated rings. The number of esters is 1. The van der Waals surface area contributed by atoms with Crippen LogP contribution in [0.5, 0.6) is 5.75 Å². The molecule has 0 aliphatic rings. The number of fused-ring (bicyclic) bond motifs is 1. The molecule has 1 amide bonds. The summed E-state index contributed by atoms with van der Waals surface area (Å²) in [6.45, 7) is 4.09. The quantitative estimate of drug-likeness (QED) is 0.334. The van der Waals surface area contributed by atoms with Crippen LogP contribution in [0.25, 0.3) is 21.9 Å². The number of thiophene rings is 1. The van der Waals surface area contributed by atoms with Crippen LogP contribution >= 0.6 is 11.3 Å². The van der Waals surface area contributed by atoms with Crippen molar-refractivity contribution in [2.24, 2.45) is 0 Å². The molecule has 0 aliphatic heterocycles. The average Bonchev–Trinajstić information content (AvgIpc) is 3.14. The van der Waals surface area contributed by atoms with Crippen LogP contribution in [0.15, 0.2) is 60.7 Å². The number of carbonyl (C=O) groups is 2. The lowest BCUT2D eigenvalue weighted by Crippen LogP contribution is -2.16. The van der Waals surface area contributed by atoms with E-state index >= 15 is 0 Å². The van der Waals surface area contributed by atoms with Crippen molar-refractivity contribution in [2.45, 2.75) is 13.8 Å². The number of hydrogen-bond acceptors (Lipinski definition) is 5. The lowest BCUT2D eigenvalue weighted by Gasteiger charge is -2.14. The van der Waals surface area contributed by atoms with E-state index in [1.165, 1.54) is 30.6 Å². The molecule has 1 N–H and O–H groups in total. The number of nitrogens with one attached hydrogen (secondary N) is 1. The predicted octanol–water partition coefficient (Wildman–Crippen LogP) is 6.45. The van der Waals surface area contributed by atoms with Crippen molar-refractivity contribution >= 4 is 39.0 Å². The van der Waals surface area contributed by atoms with Crippen molar-refractivity contribution in [3.05, 3.63) is 82.5 Å². The lowest BCUT2D eigenvalue weighted by atomic mass is 10.0. The number of carbonyl (C=O) groups excluding carboxylic acids is 2. The summed E-state index contributed by atoms with van der Waals surface area (Å²) in [6, 6.07) is 17.1. The Hall–Kier alpha value is -3.71. The highest BCUT2D eigenvalue weighted by molar-refractivity contribution is 7.17. The molecular weight excluding hydrogens is 441 g/mol. The fourth-order valence-electron chi connectivity index (χ4n) is 3.82. The predicted molar refractivity (Wildman–Crippen MR) is 129 cm³/mol. The molecule has 33 heavy (non-hydrogen) atoms. The molecule has 3 aromatic carbocycles. The van der Waals surface area contributed by atoms with Gasteiger partial charge < -0.3 is 14.8 Å². The topological polar surface area (TPSA) is 64.6 Å². The number of methoxy groups -OCH3 is 1. The fourth-order valence-corrected chi connectivity index (χ4v) is 4.88. The molecule has 0 atom stereocenters. The number of hydrogen-bond donors (Lipinski definition) is 1. The van der Waals surface area contributed by atoms with E-state index in [4.69, 9.17) is 9.47 Å². The summed E-state index contributed by atoms with van der Waals surface area (Å²) in [4.78, 5) is 27.0. The molecule has 0 spiro atoms. The zero-order valence-corrected chi connectivity index (χ0v) is 19.2. The van der Waals surface area contributed by atoms with E-state index in [0.29, 0.717) is 34.0 Å². The summed E-state index contributed by atoms with van der Waals surface area (Å²) in [7, 11) is 1.28. The highest BCUT2D eigenvalue weighted by atomic mass is 32.1. The number of ether oxygens (including phenoxy) is 2. The highest BCUT2D eigenvalue weighted by Crippen LogP contribution is 2.41. The van der Waals surface area contributed by atoms with Crippen molar-refractivity contribution in [1.29, 1.82) is 0 Å². The molecule has 0 bridgehead atoms. The molecule has 0 saturated heterocycles. The first-order valence-electron chi connectivity index (χ1n) is 10.4. The van der Waals surface area contributed by atoms with Crippen molar-refractivity contribution in [2.75, 3.05) is 19.0 Å². The minimum absolute atomic E-state index is 0.234. The van der Waals surface area contributed by atoms with E-state index in [0.717, 1.165) is 15.6 Å². The minimum Gasteiger partial charge on any atom is -0.493 e. The smallest absolute Gasteiger partial charge is 0.341 e. The third kappa shape index (κ3) is 4.32. The molecular formula is C26H22FNO4S. The van der Waals surface area contributed by atoms with Crippen molar-refractivity contribution < 1.29 is 23.5 Å². The van der Waals surface area contributed by atoms with Gasteiger partial charge in [0.1, 0.15) is 22.1 Å².